The number of hydrogen-bond acceptors (Lipinski definition) is 3. The number of benzene rings is 2. The van der Waals surface area contributed by atoms with Gasteiger partial charge in [-0.1, -0.05) is 12.1 Å². The van der Waals surface area contributed by atoms with Crippen LogP contribution in [0.4, 0.5) is 5.69 Å². The summed E-state index contributed by atoms with van der Waals surface area (Å²) >= 11 is 0. The van der Waals surface area contributed by atoms with E-state index in [1.165, 1.54) is 12.8 Å². The molecule has 0 aliphatic heterocycles. The van der Waals surface area contributed by atoms with Gasteiger partial charge in [-0.15, -0.1) is 24.8 Å². The molecule has 1 amide bonds. The van der Waals surface area contributed by atoms with E-state index < -0.39 is 0 Å². The van der Waals surface area contributed by atoms with Crippen molar-refractivity contribution in [1.29, 1.82) is 0 Å². The maximum absolute atomic E-state index is 11.9. The summed E-state index contributed by atoms with van der Waals surface area (Å²) in [5.74, 6) is 1.60. The summed E-state index contributed by atoms with van der Waals surface area (Å²) in [4.78, 5) is 19.8. The molecule has 1 aliphatic rings. The minimum absolute atomic E-state index is 0. The molecule has 0 bridgehead atoms. The van der Waals surface area contributed by atoms with Crippen LogP contribution in [0.2, 0.25) is 0 Å². The third kappa shape index (κ3) is 4.97. The number of nitrogens with zero attached hydrogens (tertiary/aromatic N) is 1. The van der Waals surface area contributed by atoms with Gasteiger partial charge in [0.25, 0.3) is 0 Å². The van der Waals surface area contributed by atoms with E-state index in [9.17, 15) is 4.79 Å². The van der Waals surface area contributed by atoms with Crippen LogP contribution < -0.4 is 10.6 Å². The molecule has 0 atom stereocenters. The molecular formula is C19H22Cl2N4O. The fourth-order valence-electron chi connectivity index (χ4n) is 2.72. The Labute approximate surface area is 164 Å². The van der Waals surface area contributed by atoms with Gasteiger partial charge in [0.1, 0.15) is 5.82 Å². The molecular weight excluding hydrogens is 371 g/mol. The molecule has 3 N–H and O–H groups in total. The molecule has 0 spiro atoms. The van der Waals surface area contributed by atoms with Crippen molar-refractivity contribution in [3.8, 4) is 11.4 Å². The third-order valence-corrected chi connectivity index (χ3v) is 4.25. The Morgan fingerprint density at radius 2 is 1.81 bits per heavy atom. The van der Waals surface area contributed by atoms with E-state index in [0.29, 0.717) is 6.54 Å². The first kappa shape index (κ1) is 20.2. The zero-order valence-electron chi connectivity index (χ0n) is 14.2. The largest absolute Gasteiger partial charge is 0.338 e. The number of rotatable bonds is 6. The molecule has 1 heterocycles. The summed E-state index contributed by atoms with van der Waals surface area (Å²) in [5.41, 5.74) is 3.77. The van der Waals surface area contributed by atoms with E-state index in [1.54, 1.807) is 0 Å². The Morgan fingerprint density at radius 3 is 2.50 bits per heavy atom. The van der Waals surface area contributed by atoms with Gasteiger partial charge in [0.15, 0.2) is 0 Å². The monoisotopic (exact) mass is 392 g/mol. The maximum atomic E-state index is 11.9. The number of anilines is 1. The predicted molar refractivity (Wildman–Crippen MR) is 110 cm³/mol. The van der Waals surface area contributed by atoms with Crippen LogP contribution in [0, 0.1) is 5.92 Å². The normalized spacial score (nSPS) is 12.9. The first-order valence-corrected chi connectivity index (χ1v) is 8.34. The van der Waals surface area contributed by atoms with E-state index in [-0.39, 0.29) is 30.7 Å². The van der Waals surface area contributed by atoms with E-state index in [2.05, 4.69) is 20.6 Å². The Morgan fingerprint density at radius 1 is 1.08 bits per heavy atom. The van der Waals surface area contributed by atoms with E-state index in [1.807, 2.05) is 48.5 Å². The predicted octanol–water partition coefficient (Wildman–Crippen LogP) is 4.01. The number of nitrogens with one attached hydrogen (secondary N) is 3. The summed E-state index contributed by atoms with van der Waals surface area (Å²) in [6.07, 6.45) is 2.58. The Kier molecular flexibility index (Phi) is 7.03. The molecule has 26 heavy (non-hydrogen) atoms. The van der Waals surface area contributed by atoms with E-state index >= 15 is 0 Å². The maximum Gasteiger partial charge on any atom is 0.238 e. The van der Waals surface area contributed by atoms with Gasteiger partial charge in [0.05, 0.1) is 17.6 Å². The quantitative estimate of drug-likeness (QED) is 0.593. The summed E-state index contributed by atoms with van der Waals surface area (Å²) in [6, 6.07) is 15.7. The van der Waals surface area contributed by atoms with Gasteiger partial charge in [-0.05, 0) is 61.7 Å². The molecule has 0 saturated heterocycles. The van der Waals surface area contributed by atoms with Gasteiger partial charge in [0, 0.05) is 11.3 Å². The van der Waals surface area contributed by atoms with Gasteiger partial charge < -0.3 is 15.6 Å². The lowest BCUT2D eigenvalue weighted by Crippen LogP contribution is -2.29. The number of halogens is 2. The lowest BCUT2D eigenvalue weighted by atomic mass is 10.2. The molecule has 5 nitrogen and oxygen atoms in total. The zero-order chi connectivity index (χ0) is 16.4. The van der Waals surface area contributed by atoms with Crippen molar-refractivity contribution in [2.24, 2.45) is 5.92 Å². The summed E-state index contributed by atoms with van der Waals surface area (Å²) in [5, 5.41) is 6.10. The third-order valence-electron chi connectivity index (χ3n) is 4.25. The van der Waals surface area contributed by atoms with Gasteiger partial charge >= 0.3 is 0 Å². The second kappa shape index (κ2) is 9.03. The van der Waals surface area contributed by atoms with Crippen LogP contribution in [-0.4, -0.2) is 29.0 Å². The van der Waals surface area contributed by atoms with Crippen LogP contribution in [0.15, 0.2) is 48.5 Å². The number of fused-ring (bicyclic) bond motifs is 1. The number of aromatic amines is 1. The van der Waals surface area contributed by atoms with Gasteiger partial charge in [-0.3, -0.25) is 4.79 Å². The molecule has 1 saturated carbocycles. The van der Waals surface area contributed by atoms with Gasteiger partial charge in [-0.2, -0.15) is 0 Å². The number of carbonyl (C=O) groups excluding carboxylic acids is 1. The lowest BCUT2D eigenvalue weighted by Gasteiger charge is -2.07. The highest BCUT2D eigenvalue weighted by Gasteiger charge is 2.20. The minimum atomic E-state index is -0.00728. The van der Waals surface area contributed by atoms with Crippen molar-refractivity contribution in [3.05, 3.63) is 48.5 Å². The standard InChI is InChI=1S/C19H20N4O.2ClH/c24-18(12-20-11-13-5-6-13)21-15-9-7-14(8-10-15)19-22-16-3-1-2-4-17(16)23-19;;/h1-4,7-10,13,20H,5-6,11-12H2,(H,21,24)(H,22,23);2*1H. The fraction of sp³-hybridized carbons (Fsp3) is 0.263. The Bertz CT molecular complexity index is 826. The van der Waals surface area contributed by atoms with Crippen LogP contribution in [0.5, 0.6) is 0 Å². The van der Waals surface area contributed by atoms with Crippen molar-refractivity contribution < 1.29 is 4.79 Å². The Balaban J connectivity index is 0.00000121. The van der Waals surface area contributed by atoms with Crippen LogP contribution in [-0.2, 0) is 4.79 Å². The molecule has 7 heteroatoms. The second-order valence-electron chi connectivity index (χ2n) is 6.30. The van der Waals surface area contributed by atoms with Crippen LogP contribution in [0.3, 0.4) is 0 Å². The van der Waals surface area contributed by atoms with Crippen molar-refractivity contribution in [2.75, 3.05) is 18.4 Å². The van der Waals surface area contributed by atoms with Crippen LogP contribution in [0.25, 0.3) is 22.4 Å². The number of amides is 1. The highest BCUT2D eigenvalue weighted by molar-refractivity contribution is 5.92. The molecule has 1 fully saturated rings. The van der Waals surface area contributed by atoms with Gasteiger partial charge in [0.2, 0.25) is 5.91 Å². The van der Waals surface area contributed by atoms with Crippen LogP contribution >= 0.6 is 24.8 Å². The highest BCUT2D eigenvalue weighted by Crippen LogP contribution is 2.27. The average Bonchev–Trinajstić information content (AvgIpc) is 3.31. The zero-order valence-corrected chi connectivity index (χ0v) is 15.8. The highest BCUT2D eigenvalue weighted by atomic mass is 35.5. The molecule has 3 aromatic rings. The number of H-pyrrole nitrogens is 1. The molecule has 0 radical (unpaired) electrons. The Hall–Kier alpha value is -2.08. The summed E-state index contributed by atoms with van der Waals surface area (Å²) in [7, 11) is 0. The molecule has 138 valence electrons. The van der Waals surface area contributed by atoms with Crippen molar-refractivity contribution in [3.63, 3.8) is 0 Å². The van der Waals surface area contributed by atoms with Crippen LogP contribution in [0.1, 0.15) is 12.8 Å². The molecule has 1 aromatic heterocycles. The smallest absolute Gasteiger partial charge is 0.238 e. The van der Waals surface area contributed by atoms with E-state index in [0.717, 1.165) is 40.6 Å². The number of aromatic nitrogens is 2. The summed E-state index contributed by atoms with van der Waals surface area (Å²) in [6.45, 7) is 1.31. The number of imidazole rings is 1. The SMILES string of the molecule is Cl.Cl.O=C(CNCC1CC1)Nc1ccc(-c2nc3ccccc3[nH]2)cc1. The topological polar surface area (TPSA) is 69.8 Å². The van der Waals surface area contributed by atoms with Crippen molar-refractivity contribution >= 4 is 47.4 Å². The molecule has 1 aliphatic carbocycles. The van der Waals surface area contributed by atoms with E-state index in [4.69, 9.17) is 0 Å². The number of carbonyl (C=O) groups is 1. The number of para-hydroxylation sites is 2. The second-order valence-corrected chi connectivity index (χ2v) is 6.30. The molecule has 4 rings (SSSR count). The van der Waals surface area contributed by atoms with Crippen molar-refractivity contribution in [2.45, 2.75) is 12.8 Å². The lowest BCUT2D eigenvalue weighted by molar-refractivity contribution is -0.115. The first-order chi connectivity index (χ1) is 11.8. The van der Waals surface area contributed by atoms with Gasteiger partial charge in [-0.25, -0.2) is 4.98 Å². The summed E-state index contributed by atoms with van der Waals surface area (Å²) < 4.78 is 0. The number of hydrogen-bond donors (Lipinski definition) is 3. The average molecular weight is 393 g/mol. The minimum Gasteiger partial charge on any atom is -0.338 e. The fourth-order valence-corrected chi connectivity index (χ4v) is 2.72. The molecule has 0 unspecified atom stereocenters. The van der Waals surface area contributed by atoms with Crippen molar-refractivity contribution in [1.82, 2.24) is 15.3 Å². The first-order valence-electron chi connectivity index (χ1n) is 8.34. The molecule has 2 aromatic carbocycles.